The van der Waals surface area contributed by atoms with Crippen molar-refractivity contribution in [3.05, 3.63) is 46.5 Å². The maximum absolute atomic E-state index is 11.7. The fraction of sp³-hybridized carbons (Fsp3) is 0.385. The van der Waals surface area contributed by atoms with Crippen LogP contribution >= 0.6 is 0 Å². The molecule has 0 bridgehead atoms. The molecule has 0 atom stereocenters. The molecule has 0 aliphatic carbocycles. The van der Waals surface area contributed by atoms with E-state index in [0.29, 0.717) is 0 Å². The van der Waals surface area contributed by atoms with Gasteiger partial charge in [-0.15, -0.1) is 0 Å². The van der Waals surface area contributed by atoms with Gasteiger partial charge >= 0.3 is 0 Å². The first-order valence-corrected chi connectivity index (χ1v) is 5.98. The highest BCUT2D eigenvalue weighted by Gasteiger charge is 2.08. The second kappa shape index (κ2) is 5.71. The van der Waals surface area contributed by atoms with E-state index in [9.17, 15) is 4.79 Å². The van der Waals surface area contributed by atoms with Gasteiger partial charge in [-0.2, -0.15) is 0 Å². The van der Waals surface area contributed by atoms with Gasteiger partial charge in [-0.3, -0.25) is 4.79 Å². The maximum atomic E-state index is 11.7. The average Bonchev–Trinajstić information content (AvgIpc) is 2.85. The van der Waals surface area contributed by atoms with Crippen molar-refractivity contribution in [2.24, 2.45) is 0 Å². The predicted molar refractivity (Wildman–Crippen MR) is 67.8 cm³/mol. The third-order valence-electron chi connectivity index (χ3n) is 2.69. The van der Waals surface area contributed by atoms with Gasteiger partial charge in [-0.05, 0) is 13.8 Å². The van der Waals surface area contributed by atoms with Gasteiger partial charge in [0.2, 0.25) is 11.2 Å². The summed E-state index contributed by atoms with van der Waals surface area (Å²) in [6, 6.07) is 1.49. The van der Waals surface area contributed by atoms with E-state index in [1.807, 2.05) is 18.4 Å². The molecule has 0 aromatic carbocycles. The van der Waals surface area contributed by atoms with Crippen molar-refractivity contribution in [2.75, 3.05) is 0 Å². The molecule has 2 rings (SSSR count). The van der Waals surface area contributed by atoms with Crippen molar-refractivity contribution in [1.29, 1.82) is 0 Å². The van der Waals surface area contributed by atoms with Crippen LogP contribution in [-0.4, -0.2) is 14.7 Å². The summed E-state index contributed by atoms with van der Waals surface area (Å²) in [4.78, 5) is 15.7. The van der Waals surface area contributed by atoms with Crippen LogP contribution in [0, 0.1) is 0 Å². The fourth-order valence-electron chi connectivity index (χ4n) is 1.69. The Bertz CT molecular complexity index is 601. The lowest BCUT2D eigenvalue weighted by Gasteiger charge is -2.12. The number of hydrogen-bond acceptors (Lipinski definition) is 5. The summed E-state index contributed by atoms with van der Waals surface area (Å²) in [5.41, 5.74) is 0.562. The first-order valence-electron chi connectivity index (χ1n) is 5.98. The lowest BCUT2D eigenvalue weighted by molar-refractivity contribution is 0.234. The van der Waals surface area contributed by atoms with Gasteiger partial charge in [0.05, 0.1) is 18.2 Å². The summed E-state index contributed by atoms with van der Waals surface area (Å²) >= 11 is 0. The van der Waals surface area contributed by atoms with Crippen molar-refractivity contribution in [2.45, 2.75) is 33.1 Å². The Kier molecular flexibility index (Phi) is 4.01. The number of ether oxygens (including phenoxy) is 1. The van der Waals surface area contributed by atoms with Gasteiger partial charge in [0.1, 0.15) is 25.2 Å². The van der Waals surface area contributed by atoms with Crippen LogP contribution in [-0.2, 0) is 13.2 Å². The van der Waals surface area contributed by atoms with Crippen LogP contribution < -0.4 is 10.2 Å². The van der Waals surface area contributed by atoms with E-state index >= 15 is 0 Å². The third kappa shape index (κ3) is 3.03. The van der Waals surface area contributed by atoms with Crippen molar-refractivity contribution in [1.82, 2.24) is 9.55 Å². The SMILES string of the molecule is CC(C)n1cncc1COc1coc(CO)cc1=O. The first-order chi connectivity index (χ1) is 9.11. The van der Waals surface area contributed by atoms with Gasteiger partial charge in [0, 0.05) is 12.1 Å². The van der Waals surface area contributed by atoms with E-state index < -0.39 is 0 Å². The van der Waals surface area contributed by atoms with Gasteiger partial charge in [0.15, 0.2) is 0 Å². The van der Waals surface area contributed by atoms with Gasteiger partial charge in [-0.25, -0.2) is 4.98 Å². The smallest absolute Gasteiger partial charge is 0.227 e. The lowest BCUT2D eigenvalue weighted by Crippen LogP contribution is -2.11. The highest BCUT2D eigenvalue weighted by Crippen LogP contribution is 2.12. The number of nitrogens with zero attached hydrogens (tertiary/aromatic N) is 2. The molecule has 102 valence electrons. The Morgan fingerprint density at radius 2 is 2.32 bits per heavy atom. The number of rotatable bonds is 5. The van der Waals surface area contributed by atoms with E-state index in [0.717, 1.165) is 5.69 Å². The molecule has 0 spiro atoms. The van der Waals surface area contributed by atoms with E-state index in [-0.39, 0.29) is 36.2 Å². The predicted octanol–water partition coefficient (Wildman–Crippen LogP) is 1.49. The minimum atomic E-state index is -0.314. The zero-order valence-electron chi connectivity index (χ0n) is 10.9. The topological polar surface area (TPSA) is 77.5 Å². The van der Waals surface area contributed by atoms with Crippen LogP contribution in [0.1, 0.15) is 31.3 Å². The Balaban J connectivity index is 2.10. The molecule has 19 heavy (non-hydrogen) atoms. The van der Waals surface area contributed by atoms with Crippen LogP contribution in [0.4, 0.5) is 0 Å². The minimum absolute atomic E-state index is 0.119. The quantitative estimate of drug-likeness (QED) is 0.885. The molecule has 2 heterocycles. The van der Waals surface area contributed by atoms with E-state index in [1.54, 1.807) is 12.5 Å². The molecule has 0 radical (unpaired) electrons. The molecule has 0 fully saturated rings. The Morgan fingerprint density at radius 1 is 1.53 bits per heavy atom. The number of aliphatic hydroxyl groups excluding tert-OH is 1. The maximum Gasteiger partial charge on any atom is 0.227 e. The molecular weight excluding hydrogens is 248 g/mol. The van der Waals surface area contributed by atoms with Crippen LogP contribution in [0.2, 0.25) is 0 Å². The molecular formula is C13H16N2O4. The average molecular weight is 264 g/mol. The summed E-state index contributed by atoms with van der Waals surface area (Å²) in [6.07, 6.45) is 4.63. The standard InChI is InChI=1S/C13H16N2O4/c1-9(2)15-8-14-4-10(15)6-19-13-7-18-11(5-16)3-12(13)17/h3-4,7-9,16H,5-6H2,1-2H3. The van der Waals surface area contributed by atoms with E-state index in [2.05, 4.69) is 4.98 Å². The molecule has 1 N–H and O–H groups in total. The first kappa shape index (κ1) is 13.4. The normalized spacial score (nSPS) is 10.9. The minimum Gasteiger partial charge on any atom is -0.480 e. The molecule has 6 nitrogen and oxygen atoms in total. The van der Waals surface area contributed by atoms with Crippen LogP contribution in [0.5, 0.6) is 5.75 Å². The van der Waals surface area contributed by atoms with Crippen molar-refractivity contribution in [3.63, 3.8) is 0 Å². The van der Waals surface area contributed by atoms with E-state index in [1.165, 1.54) is 12.3 Å². The molecule has 6 heteroatoms. The third-order valence-corrected chi connectivity index (χ3v) is 2.69. The second-order valence-electron chi connectivity index (χ2n) is 4.41. The van der Waals surface area contributed by atoms with Crippen LogP contribution in [0.25, 0.3) is 0 Å². The summed E-state index contributed by atoms with van der Waals surface area (Å²) in [5, 5.41) is 8.85. The summed E-state index contributed by atoms with van der Waals surface area (Å²) in [7, 11) is 0. The molecule has 0 unspecified atom stereocenters. The lowest BCUT2D eigenvalue weighted by atomic mass is 10.3. The van der Waals surface area contributed by atoms with Crippen molar-refractivity contribution in [3.8, 4) is 5.75 Å². The fourth-order valence-corrected chi connectivity index (χ4v) is 1.69. The Labute approximate surface area is 110 Å². The van der Waals surface area contributed by atoms with Crippen molar-refractivity contribution < 1.29 is 14.3 Å². The highest BCUT2D eigenvalue weighted by atomic mass is 16.5. The van der Waals surface area contributed by atoms with Crippen LogP contribution in [0.15, 0.2) is 34.1 Å². The number of hydrogen-bond donors (Lipinski definition) is 1. The zero-order valence-corrected chi connectivity index (χ0v) is 10.9. The molecule has 0 aliphatic rings. The Morgan fingerprint density at radius 3 is 2.95 bits per heavy atom. The molecule has 0 aliphatic heterocycles. The van der Waals surface area contributed by atoms with Gasteiger partial charge in [0.25, 0.3) is 0 Å². The van der Waals surface area contributed by atoms with Gasteiger partial charge in [-0.1, -0.05) is 0 Å². The molecule has 2 aromatic heterocycles. The summed E-state index contributed by atoms with van der Waals surface area (Å²) < 4.78 is 12.4. The molecule has 0 amide bonds. The van der Waals surface area contributed by atoms with E-state index in [4.69, 9.17) is 14.3 Å². The largest absolute Gasteiger partial charge is 0.480 e. The summed E-state index contributed by atoms with van der Waals surface area (Å²) in [6.45, 7) is 4.00. The number of aromatic nitrogens is 2. The Hall–Kier alpha value is -2.08. The van der Waals surface area contributed by atoms with Crippen LogP contribution in [0.3, 0.4) is 0 Å². The van der Waals surface area contributed by atoms with Gasteiger partial charge < -0.3 is 18.8 Å². The monoisotopic (exact) mass is 264 g/mol. The molecule has 0 saturated heterocycles. The molecule has 0 saturated carbocycles. The van der Waals surface area contributed by atoms with Crippen molar-refractivity contribution >= 4 is 0 Å². The summed E-state index contributed by atoms with van der Waals surface area (Å²) in [5.74, 6) is 0.332. The second-order valence-corrected chi connectivity index (χ2v) is 4.41. The molecule has 2 aromatic rings. The number of aliphatic hydroxyl groups is 1. The number of imidazole rings is 1. The highest BCUT2D eigenvalue weighted by molar-refractivity contribution is 5.17. The zero-order chi connectivity index (χ0) is 13.8.